The first-order valence-electron chi connectivity index (χ1n) is 12.0. The second kappa shape index (κ2) is 9.31. The minimum Gasteiger partial charge on any atom is -0.373 e. The maximum Gasteiger partial charge on any atom is 0.253 e. The van der Waals surface area contributed by atoms with Crippen LogP contribution in [-0.2, 0) is 10.2 Å². The van der Waals surface area contributed by atoms with Crippen LogP contribution in [-0.4, -0.2) is 64.8 Å². The molecule has 1 aromatic heterocycles. The number of halogens is 1. The first-order valence-corrected chi connectivity index (χ1v) is 12.0. The van der Waals surface area contributed by atoms with E-state index in [1.165, 1.54) is 12.1 Å². The first-order chi connectivity index (χ1) is 16.1. The average Bonchev–Trinajstić information content (AvgIpc) is 2.83. The number of piperidine rings is 2. The highest BCUT2D eigenvalue weighted by atomic mass is 19.1. The quantitative estimate of drug-likeness (QED) is 0.740. The van der Waals surface area contributed by atoms with Crippen molar-refractivity contribution in [2.24, 2.45) is 5.41 Å². The van der Waals surface area contributed by atoms with Crippen LogP contribution >= 0.6 is 0 Å². The molecule has 0 bridgehead atoms. The zero-order valence-electron chi connectivity index (χ0n) is 20.5. The summed E-state index contributed by atoms with van der Waals surface area (Å²) in [6.45, 7) is 8.40. The lowest BCUT2D eigenvalue weighted by molar-refractivity contribution is -0.146. The molecular formula is C26H34FN5O2. The average molecular weight is 468 g/mol. The lowest BCUT2D eigenvalue weighted by atomic mass is 9.75. The third kappa shape index (κ3) is 4.76. The van der Waals surface area contributed by atoms with E-state index in [1.807, 2.05) is 31.9 Å². The van der Waals surface area contributed by atoms with E-state index < -0.39 is 11.2 Å². The fraction of sp³-hybridized carbons (Fsp3) is 0.538. The molecule has 8 heteroatoms. The summed E-state index contributed by atoms with van der Waals surface area (Å²) >= 11 is 0. The van der Waals surface area contributed by atoms with E-state index in [4.69, 9.17) is 4.98 Å². The SMILES string of the molecule is CNc1cc(C2(C)CCCN(C(=O)C3(C)CCN(C(=O)c4cccc(F)c4)CC3)C2)nc(C)n1. The highest BCUT2D eigenvalue weighted by Crippen LogP contribution is 2.38. The summed E-state index contributed by atoms with van der Waals surface area (Å²) in [6, 6.07) is 7.76. The molecule has 3 heterocycles. The van der Waals surface area contributed by atoms with Crippen LogP contribution in [0.25, 0.3) is 0 Å². The number of carbonyl (C=O) groups is 2. The van der Waals surface area contributed by atoms with Crippen molar-refractivity contribution >= 4 is 17.6 Å². The number of amides is 2. The van der Waals surface area contributed by atoms with Crippen molar-refractivity contribution in [3.8, 4) is 0 Å². The van der Waals surface area contributed by atoms with Gasteiger partial charge in [0.05, 0.1) is 5.69 Å². The summed E-state index contributed by atoms with van der Waals surface area (Å²) < 4.78 is 13.5. The van der Waals surface area contributed by atoms with Crippen LogP contribution in [0.4, 0.5) is 10.2 Å². The van der Waals surface area contributed by atoms with Gasteiger partial charge in [-0.25, -0.2) is 14.4 Å². The van der Waals surface area contributed by atoms with E-state index in [1.54, 1.807) is 17.0 Å². The number of carbonyl (C=O) groups excluding carboxylic acids is 2. The maximum absolute atomic E-state index is 13.7. The molecule has 0 aliphatic carbocycles. The largest absolute Gasteiger partial charge is 0.373 e. The minimum absolute atomic E-state index is 0.149. The summed E-state index contributed by atoms with van der Waals surface area (Å²) in [4.78, 5) is 39.3. The molecule has 0 radical (unpaired) electrons. The predicted octanol–water partition coefficient (Wildman–Crippen LogP) is 3.79. The highest BCUT2D eigenvalue weighted by molar-refractivity contribution is 5.94. The second-order valence-electron chi connectivity index (χ2n) is 10.2. The van der Waals surface area contributed by atoms with E-state index in [-0.39, 0.29) is 17.2 Å². The second-order valence-corrected chi connectivity index (χ2v) is 10.2. The Kier molecular flexibility index (Phi) is 6.60. The number of nitrogens with one attached hydrogen (secondary N) is 1. The van der Waals surface area contributed by atoms with Crippen molar-refractivity contribution in [3.05, 3.63) is 53.2 Å². The predicted molar refractivity (Wildman–Crippen MR) is 129 cm³/mol. The van der Waals surface area contributed by atoms with Crippen LogP contribution < -0.4 is 5.32 Å². The van der Waals surface area contributed by atoms with Gasteiger partial charge in [0.2, 0.25) is 5.91 Å². The molecular weight excluding hydrogens is 433 g/mol. The highest BCUT2D eigenvalue weighted by Gasteiger charge is 2.44. The van der Waals surface area contributed by atoms with Gasteiger partial charge in [-0.3, -0.25) is 9.59 Å². The number of aromatic nitrogens is 2. The standard InChI is InChI=1S/C26H34FN5O2/c1-18-29-21(16-22(28-4)30-18)26(3)9-6-12-32(17-26)24(34)25(2)10-13-31(14-11-25)23(33)19-7-5-8-20(27)15-19/h5,7-8,15-16H,6,9-14,17H2,1-4H3,(H,28,29,30). The molecule has 2 aromatic rings. The van der Waals surface area contributed by atoms with Gasteiger partial charge in [-0.2, -0.15) is 0 Å². The van der Waals surface area contributed by atoms with Crippen LogP contribution in [0, 0.1) is 18.2 Å². The summed E-state index contributed by atoms with van der Waals surface area (Å²) in [6.07, 6.45) is 3.07. The molecule has 1 aromatic carbocycles. The molecule has 7 nitrogen and oxygen atoms in total. The molecule has 2 fully saturated rings. The van der Waals surface area contributed by atoms with Gasteiger partial charge in [-0.05, 0) is 50.8 Å². The lowest BCUT2D eigenvalue weighted by Gasteiger charge is -2.45. The number of benzene rings is 1. The van der Waals surface area contributed by atoms with Gasteiger partial charge < -0.3 is 15.1 Å². The molecule has 2 aliphatic heterocycles. The lowest BCUT2D eigenvalue weighted by Crippen LogP contribution is -2.54. The number of rotatable bonds is 4. The third-order valence-electron chi connectivity index (χ3n) is 7.44. The molecule has 182 valence electrons. The Balaban J connectivity index is 1.44. The van der Waals surface area contributed by atoms with Crippen molar-refractivity contribution in [3.63, 3.8) is 0 Å². The number of nitrogens with zero attached hydrogens (tertiary/aromatic N) is 4. The Morgan fingerprint density at radius 1 is 1.03 bits per heavy atom. The van der Waals surface area contributed by atoms with Crippen molar-refractivity contribution in [1.82, 2.24) is 19.8 Å². The molecule has 0 saturated carbocycles. The van der Waals surface area contributed by atoms with Crippen molar-refractivity contribution in [1.29, 1.82) is 0 Å². The van der Waals surface area contributed by atoms with Gasteiger partial charge >= 0.3 is 0 Å². The summed E-state index contributed by atoms with van der Waals surface area (Å²) in [7, 11) is 1.84. The number of hydrogen-bond acceptors (Lipinski definition) is 5. The van der Waals surface area contributed by atoms with Gasteiger partial charge in [0, 0.05) is 55.7 Å². The zero-order chi connectivity index (χ0) is 24.5. The van der Waals surface area contributed by atoms with Crippen LogP contribution in [0.2, 0.25) is 0 Å². The fourth-order valence-corrected chi connectivity index (χ4v) is 5.23. The van der Waals surface area contributed by atoms with E-state index in [0.29, 0.717) is 43.9 Å². The third-order valence-corrected chi connectivity index (χ3v) is 7.44. The van der Waals surface area contributed by atoms with Crippen molar-refractivity contribution in [2.75, 3.05) is 38.5 Å². The molecule has 0 spiro atoms. The monoisotopic (exact) mass is 467 g/mol. The Labute approximate surface area is 200 Å². The Morgan fingerprint density at radius 2 is 1.76 bits per heavy atom. The molecule has 34 heavy (non-hydrogen) atoms. The Bertz CT molecular complexity index is 1080. The summed E-state index contributed by atoms with van der Waals surface area (Å²) in [5.74, 6) is 1.05. The topological polar surface area (TPSA) is 78.4 Å². The number of likely N-dealkylation sites (tertiary alicyclic amines) is 2. The molecule has 2 saturated heterocycles. The normalized spacial score (nSPS) is 22.4. The van der Waals surface area contributed by atoms with Crippen LogP contribution in [0.1, 0.15) is 61.4 Å². The van der Waals surface area contributed by atoms with E-state index >= 15 is 0 Å². The smallest absolute Gasteiger partial charge is 0.253 e. The zero-order valence-corrected chi connectivity index (χ0v) is 20.5. The van der Waals surface area contributed by atoms with Gasteiger partial charge in [-0.15, -0.1) is 0 Å². The van der Waals surface area contributed by atoms with Gasteiger partial charge in [-0.1, -0.05) is 19.9 Å². The summed E-state index contributed by atoms with van der Waals surface area (Å²) in [5.41, 5.74) is 0.553. The van der Waals surface area contributed by atoms with Crippen LogP contribution in [0.5, 0.6) is 0 Å². The molecule has 2 aliphatic rings. The van der Waals surface area contributed by atoms with Gasteiger partial charge in [0.1, 0.15) is 17.5 Å². The Morgan fingerprint density at radius 3 is 2.44 bits per heavy atom. The van der Waals surface area contributed by atoms with Crippen molar-refractivity contribution < 1.29 is 14.0 Å². The first kappa shape index (κ1) is 24.1. The van der Waals surface area contributed by atoms with Gasteiger partial charge in [0.25, 0.3) is 5.91 Å². The van der Waals surface area contributed by atoms with E-state index in [9.17, 15) is 14.0 Å². The van der Waals surface area contributed by atoms with E-state index in [2.05, 4.69) is 17.2 Å². The van der Waals surface area contributed by atoms with Crippen molar-refractivity contribution in [2.45, 2.75) is 51.9 Å². The van der Waals surface area contributed by atoms with Crippen LogP contribution in [0.3, 0.4) is 0 Å². The molecule has 1 N–H and O–H groups in total. The summed E-state index contributed by atoms with van der Waals surface area (Å²) in [5, 5.41) is 3.10. The fourth-order valence-electron chi connectivity index (χ4n) is 5.23. The number of aryl methyl sites for hydroxylation is 1. The van der Waals surface area contributed by atoms with E-state index in [0.717, 1.165) is 30.9 Å². The molecule has 1 atom stereocenters. The Hall–Kier alpha value is -3.03. The molecule has 4 rings (SSSR count). The maximum atomic E-state index is 13.7. The van der Waals surface area contributed by atoms with Gasteiger partial charge in [0.15, 0.2) is 0 Å². The number of anilines is 1. The number of hydrogen-bond donors (Lipinski definition) is 1. The van der Waals surface area contributed by atoms with Crippen LogP contribution in [0.15, 0.2) is 30.3 Å². The minimum atomic E-state index is -0.519. The molecule has 1 unspecified atom stereocenters. The molecule has 2 amide bonds.